The van der Waals surface area contributed by atoms with Gasteiger partial charge >= 0.3 is 19.5 Å². The van der Waals surface area contributed by atoms with Gasteiger partial charge in [0.25, 0.3) is 0 Å². The molecule has 5 nitrogen and oxygen atoms in total. The third kappa shape index (κ3) is 12.9. The SMILES string of the molecule is CCCCCCC1=C(C)c2nc1cc1[n-]c(c(C)c1CCCCCC)c(-c1ccc(CO)cc1)c1nc(cc3[n-]c(c(C)c3CCCCCC)c2-c2ccc(C(C)(C)C)cc2)C(CCCCCC)=C1C.[Zn+2]. The predicted octanol–water partition coefficient (Wildman–Crippen LogP) is 18.4. The fourth-order valence-corrected chi connectivity index (χ4v) is 11.0. The second-order valence-corrected chi connectivity index (χ2v) is 21.8. The molecule has 0 saturated heterocycles. The first-order valence-electron chi connectivity index (χ1n) is 27.7. The van der Waals surface area contributed by atoms with Crippen molar-refractivity contribution in [3.8, 4) is 22.3 Å². The molecule has 7 rings (SSSR count). The minimum absolute atomic E-state index is 0. The Hall–Kier alpha value is -4.38. The third-order valence-corrected chi connectivity index (χ3v) is 15.5. The van der Waals surface area contributed by atoms with Crippen molar-refractivity contribution in [2.24, 2.45) is 0 Å². The van der Waals surface area contributed by atoms with Gasteiger partial charge in [0, 0.05) is 0 Å². The van der Waals surface area contributed by atoms with Crippen molar-refractivity contribution >= 4 is 44.4 Å². The second-order valence-electron chi connectivity index (χ2n) is 21.8. The largest absolute Gasteiger partial charge is 2.00 e. The Morgan fingerprint density at radius 2 is 0.845 bits per heavy atom. The molecule has 0 unspecified atom stereocenters. The van der Waals surface area contributed by atoms with Crippen LogP contribution in [0.4, 0.5) is 0 Å². The molecule has 0 spiro atoms. The van der Waals surface area contributed by atoms with E-state index in [4.69, 9.17) is 19.9 Å². The standard InChI is InChI=1S/C65H86N4O.Zn/c1-12-16-20-24-28-51-43(5)61-59(48-34-32-47(42-70)33-35-48)62-44(6)52(29-25-21-17-13-2)56(67-62)41-58-54(31-27-23-19-15-4)46(8)64(69-58)60(49-36-38-50(39-37-49)65(9,10)11)63-45(7)53(30-26-22-18-14-3)57(68-63)40-55(51)66-61;/h32-41,70H,12-31,42H2,1-11H3;/q-2;+2. The Kier molecular flexibility index (Phi) is 20.5. The van der Waals surface area contributed by atoms with Crippen molar-refractivity contribution < 1.29 is 24.6 Å². The Bertz CT molecular complexity index is 2810. The van der Waals surface area contributed by atoms with Crippen LogP contribution in [0.25, 0.3) is 66.6 Å². The number of aliphatic hydroxyl groups excluding tert-OH is 1. The summed E-state index contributed by atoms with van der Waals surface area (Å²) in [6.45, 7) is 25.3. The van der Waals surface area contributed by atoms with E-state index in [9.17, 15) is 5.11 Å². The van der Waals surface area contributed by atoms with Crippen LogP contribution in [-0.2, 0) is 44.3 Å². The number of hydrogen-bond donors (Lipinski definition) is 1. The molecule has 5 heterocycles. The smallest absolute Gasteiger partial charge is 0.657 e. The van der Waals surface area contributed by atoms with Crippen molar-refractivity contribution in [1.29, 1.82) is 0 Å². The van der Waals surface area contributed by atoms with Crippen LogP contribution in [0.5, 0.6) is 0 Å². The molecule has 71 heavy (non-hydrogen) atoms. The van der Waals surface area contributed by atoms with Crippen LogP contribution in [-0.4, -0.2) is 15.1 Å². The van der Waals surface area contributed by atoms with Crippen LogP contribution < -0.4 is 9.97 Å². The van der Waals surface area contributed by atoms with Crippen LogP contribution in [0.2, 0.25) is 0 Å². The number of allylic oxidation sites excluding steroid dienone is 4. The van der Waals surface area contributed by atoms with Crippen LogP contribution >= 0.6 is 0 Å². The molecule has 0 aliphatic carbocycles. The second kappa shape index (κ2) is 26.0. The summed E-state index contributed by atoms with van der Waals surface area (Å²) in [5.74, 6) is 0. The zero-order chi connectivity index (χ0) is 50.0. The Balaban J connectivity index is 0.00000825. The quantitative estimate of drug-likeness (QED) is 0.0521. The number of aromatic nitrogens is 4. The van der Waals surface area contributed by atoms with Crippen LogP contribution in [0.3, 0.4) is 0 Å². The summed E-state index contributed by atoms with van der Waals surface area (Å²) < 4.78 is 0. The first-order chi connectivity index (χ1) is 33.8. The molecule has 2 aliphatic rings. The van der Waals surface area contributed by atoms with Gasteiger partial charge in [-0.3, -0.25) is 0 Å². The first-order valence-corrected chi connectivity index (χ1v) is 27.7. The normalized spacial score (nSPS) is 12.9. The summed E-state index contributed by atoms with van der Waals surface area (Å²) in [6, 6.07) is 22.5. The number of aliphatic hydroxyl groups is 1. The molecule has 0 fully saturated rings. The van der Waals surface area contributed by atoms with Gasteiger partial charge in [-0.15, -0.1) is 22.1 Å². The van der Waals surface area contributed by atoms with Gasteiger partial charge < -0.3 is 15.1 Å². The van der Waals surface area contributed by atoms with Crippen LogP contribution in [0, 0.1) is 13.8 Å². The maximum atomic E-state index is 10.2. The Morgan fingerprint density at radius 1 is 0.479 bits per heavy atom. The zero-order valence-corrected chi connectivity index (χ0v) is 49.0. The predicted molar refractivity (Wildman–Crippen MR) is 302 cm³/mol. The zero-order valence-electron chi connectivity index (χ0n) is 46.1. The molecule has 374 valence electrons. The van der Waals surface area contributed by atoms with Gasteiger partial charge in [0.05, 0.1) is 29.4 Å². The molecule has 1 N–H and O–H groups in total. The average molecular weight is 1000 g/mol. The molecule has 8 bridgehead atoms. The van der Waals surface area contributed by atoms with E-state index < -0.39 is 0 Å². The number of aryl methyl sites for hydroxylation is 4. The van der Waals surface area contributed by atoms with E-state index in [-0.39, 0.29) is 31.5 Å². The molecule has 5 aromatic rings. The Labute approximate surface area is 442 Å². The van der Waals surface area contributed by atoms with E-state index in [1.54, 1.807) is 0 Å². The van der Waals surface area contributed by atoms with E-state index in [2.05, 4.69) is 137 Å². The number of fused-ring (bicyclic) bond motifs is 8. The van der Waals surface area contributed by atoms with E-state index in [0.29, 0.717) is 0 Å². The molecule has 3 aromatic heterocycles. The molecular formula is C65H86N4OZn. The van der Waals surface area contributed by atoms with Gasteiger partial charge in [0.15, 0.2) is 0 Å². The summed E-state index contributed by atoms with van der Waals surface area (Å²) in [5, 5.41) is 10.2. The number of benzene rings is 2. The molecular weight excluding hydrogens is 918 g/mol. The number of unbranched alkanes of at least 4 members (excludes halogenated alkanes) is 12. The first kappa shape index (κ1) is 55.9. The molecule has 2 aromatic carbocycles. The number of rotatable bonds is 23. The number of hydrogen-bond acceptors (Lipinski definition) is 3. The molecule has 0 radical (unpaired) electrons. The van der Waals surface area contributed by atoms with Gasteiger partial charge in [-0.25, -0.2) is 9.97 Å². The topological polar surface area (TPSA) is 74.2 Å². The van der Waals surface area contributed by atoms with Crippen LogP contribution in [0.15, 0.2) is 60.7 Å². The van der Waals surface area contributed by atoms with E-state index in [0.717, 1.165) is 124 Å². The summed E-state index contributed by atoms with van der Waals surface area (Å²) in [4.78, 5) is 23.2. The number of nitrogens with zero attached hydrogens (tertiary/aromatic N) is 4. The minimum Gasteiger partial charge on any atom is -0.657 e. The average Bonchev–Trinajstić information content (AvgIpc) is 4.03. The third-order valence-electron chi connectivity index (χ3n) is 15.5. The summed E-state index contributed by atoms with van der Waals surface area (Å²) in [6.07, 6.45) is 22.9. The van der Waals surface area contributed by atoms with Crippen LogP contribution in [0.1, 0.15) is 234 Å². The minimum atomic E-state index is 0. The van der Waals surface area contributed by atoms with Crippen molar-refractivity contribution in [2.45, 2.75) is 217 Å². The molecule has 0 saturated carbocycles. The van der Waals surface area contributed by atoms with Gasteiger partial charge in [0.2, 0.25) is 0 Å². The molecule has 0 amide bonds. The monoisotopic (exact) mass is 1000 g/mol. The summed E-state index contributed by atoms with van der Waals surface area (Å²) in [7, 11) is 0. The van der Waals surface area contributed by atoms with Crippen molar-refractivity contribution in [1.82, 2.24) is 19.9 Å². The van der Waals surface area contributed by atoms with Crippen molar-refractivity contribution in [2.75, 3.05) is 0 Å². The van der Waals surface area contributed by atoms with Gasteiger partial charge in [-0.2, -0.15) is 0 Å². The maximum Gasteiger partial charge on any atom is 2.00 e. The maximum absolute atomic E-state index is 10.2. The van der Waals surface area contributed by atoms with Gasteiger partial charge in [0.1, 0.15) is 0 Å². The fourth-order valence-electron chi connectivity index (χ4n) is 11.0. The molecule has 2 aliphatic heterocycles. The van der Waals surface area contributed by atoms with Crippen molar-refractivity contribution in [3.63, 3.8) is 0 Å². The van der Waals surface area contributed by atoms with Gasteiger partial charge in [-0.05, 0) is 140 Å². The van der Waals surface area contributed by atoms with E-state index >= 15 is 0 Å². The Morgan fingerprint density at radius 3 is 1.20 bits per heavy atom. The van der Waals surface area contributed by atoms with E-state index in [1.807, 2.05) is 0 Å². The molecule has 0 atom stereocenters. The summed E-state index contributed by atoms with van der Waals surface area (Å²) >= 11 is 0. The van der Waals surface area contributed by atoms with Crippen molar-refractivity contribution in [3.05, 3.63) is 117 Å². The van der Waals surface area contributed by atoms with E-state index in [1.165, 1.54) is 127 Å². The summed E-state index contributed by atoms with van der Waals surface area (Å²) in [5.41, 5.74) is 25.2. The molecule has 6 heteroatoms. The fraction of sp³-hybridized carbons (Fsp3) is 0.508. The van der Waals surface area contributed by atoms with Gasteiger partial charge in [-0.1, -0.05) is 208 Å².